The second-order valence-corrected chi connectivity index (χ2v) is 4.22. The Balaban J connectivity index is 2.40. The second kappa shape index (κ2) is 4.46. The first-order chi connectivity index (χ1) is 8.56. The van der Waals surface area contributed by atoms with Crippen LogP contribution < -0.4 is 4.90 Å². The number of nitrogens with zero attached hydrogens (tertiary/aromatic N) is 2. The Kier molecular flexibility index (Phi) is 2.99. The summed E-state index contributed by atoms with van der Waals surface area (Å²) in [5.41, 5.74) is 2.26. The average molecular weight is 240 g/mol. The molecule has 0 fully saturated rings. The molecule has 2 rings (SSSR count). The van der Waals surface area contributed by atoms with Crippen molar-refractivity contribution in [1.82, 2.24) is 0 Å². The van der Waals surface area contributed by atoms with Crippen LogP contribution in [0, 0.1) is 18.3 Å². The molecule has 0 bridgehead atoms. The van der Waals surface area contributed by atoms with Gasteiger partial charge in [0.1, 0.15) is 0 Å². The fourth-order valence-electron chi connectivity index (χ4n) is 1.90. The summed E-state index contributed by atoms with van der Waals surface area (Å²) in [4.78, 5) is 25.2. The lowest BCUT2D eigenvalue weighted by molar-refractivity contribution is -0.120. The number of anilines is 1. The number of nitriles is 1. The van der Waals surface area contributed by atoms with Gasteiger partial charge in [-0.2, -0.15) is 5.26 Å². The van der Waals surface area contributed by atoms with Gasteiger partial charge in [-0.25, -0.2) is 4.90 Å². The van der Waals surface area contributed by atoms with Gasteiger partial charge in [0.25, 0.3) is 11.8 Å². The van der Waals surface area contributed by atoms with Gasteiger partial charge in [-0.15, -0.1) is 0 Å². The van der Waals surface area contributed by atoms with Crippen LogP contribution in [0.3, 0.4) is 0 Å². The quantitative estimate of drug-likeness (QED) is 0.744. The minimum absolute atomic E-state index is 0.0290. The van der Waals surface area contributed by atoms with Gasteiger partial charge in [-0.05, 0) is 26.0 Å². The first-order valence-corrected chi connectivity index (χ1v) is 5.58. The SMILES string of the molecule is CC1=C(CC#N)C(=O)N(c2ccc(C)cc2)C1=O. The predicted octanol–water partition coefficient (Wildman–Crippen LogP) is 2.10. The lowest BCUT2D eigenvalue weighted by Crippen LogP contribution is -2.31. The molecule has 4 nitrogen and oxygen atoms in total. The van der Waals surface area contributed by atoms with E-state index in [1.165, 1.54) is 0 Å². The maximum absolute atomic E-state index is 12.1. The van der Waals surface area contributed by atoms with Gasteiger partial charge < -0.3 is 0 Å². The minimum Gasteiger partial charge on any atom is -0.269 e. The van der Waals surface area contributed by atoms with Crippen molar-refractivity contribution in [2.45, 2.75) is 20.3 Å². The number of imide groups is 1. The Hall–Kier alpha value is -2.41. The van der Waals surface area contributed by atoms with Crippen molar-refractivity contribution in [3.63, 3.8) is 0 Å². The molecule has 2 amide bonds. The highest BCUT2D eigenvalue weighted by molar-refractivity contribution is 6.32. The lowest BCUT2D eigenvalue weighted by Gasteiger charge is -2.14. The van der Waals surface area contributed by atoms with Gasteiger partial charge >= 0.3 is 0 Å². The van der Waals surface area contributed by atoms with Crippen LogP contribution in [0.4, 0.5) is 5.69 Å². The summed E-state index contributed by atoms with van der Waals surface area (Å²) in [5.74, 6) is -0.725. The van der Waals surface area contributed by atoms with Gasteiger partial charge in [0.2, 0.25) is 0 Å². The smallest absolute Gasteiger partial charge is 0.262 e. The summed E-state index contributed by atoms with van der Waals surface area (Å²) in [5, 5.41) is 8.68. The normalized spacial score (nSPS) is 15.3. The van der Waals surface area contributed by atoms with Crippen LogP contribution in [0.1, 0.15) is 18.9 Å². The van der Waals surface area contributed by atoms with Gasteiger partial charge in [0.05, 0.1) is 18.2 Å². The summed E-state index contributed by atoms with van der Waals surface area (Å²) >= 11 is 0. The van der Waals surface area contributed by atoms with Crippen molar-refractivity contribution in [3.8, 4) is 6.07 Å². The van der Waals surface area contributed by atoms with Crippen LogP contribution in [0.25, 0.3) is 0 Å². The maximum Gasteiger partial charge on any atom is 0.262 e. The molecular formula is C14H12N2O2. The third-order valence-electron chi connectivity index (χ3n) is 2.99. The topological polar surface area (TPSA) is 61.2 Å². The average Bonchev–Trinajstić information content (AvgIpc) is 2.56. The first kappa shape index (κ1) is 12.1. The number of carbonyl (C=O) groups is 2. The zero-order valence-corrected chi connectivity index (χ0v) is 10.2. The summed E-state index contributed by atoms with van der Waals surface area (Å²) in [6, 6.07) is 9.06. The second-order valence-electron chi connectivity index (χ2n) is 4.22. The van der Waals surface area contributed by atoms with E-state index < -0.39 is 0 Å². The number of aryl methyl sites for hydroxylation is 1. The van der Waals surface area contributed by atoms with E-state index in [4.69, 9.17) is 5.26 Å². The fraction of sp³-hybridized carbons (Fsp3) is 0.214. The van der Waals surface area contributed by atoms with Crippen molar-refractivity contribution >= 4 is 17.5 Å². The van der Waals surface area contributed by atoms with Crippen LogP contribution >= 0.6 is 0 Å². The Bertz CT molecular complexity index is 591. The zero-order chi connectivity index (χ0) is 13.3. The molecule has 0 atom stereocenters. The van der Waals surface area contributed by atoms with Crippen LogP contribution in [0.5, 0.6) is 0 Å². The Morgan fingerprint density at radius 2 is 1.72 bits per heavy atom. The van der Waals surface area contributed by atoms with Crippen LogP contribution in [0.15, 0.2) is 35.4 Å². The monoisotopic (exact) mass is 240 g/mol. The molecular weight excluding hydrogens is 228 g/mol. The third kappa shape index (κ3) is 1.80. The lowest BCUT2D eigenvalue weighted by atomic mass is 10.1. The Labute approximate surface area is 105 Å². The summed E-state index contributed by atoms with van der Waals surface area (Å²) in [6.45, 7) is 3.52. The summed E-state index contributed by atoms with van der Waals surface area (Å²) in [7, 11) is 0. The minimum atomic E-state index is -0.386. The molecule has 0 N–H and O–H groups in total. The molecule has 0 saturated carbocycles. The largest absolute Gasteiger partial charge is 0.269 e. The summed E-state index contributed by atoms with van der Waals surface area (Å²) < 4.78 is 0. The van der Waals surface area contributed by atoms with Gasteiger partial charge in [-0.3, -0.25) is 9.59 Å². The van der Waals surface area contributed by atoms with Crippen molar-refractivity contribution in [2.24, 2.45) is 0 Å². The van der Waals surface area contributed by atoms with E-state index >= 15 is 0 Å². The number of benzene rings is 1. The zero-order valence-electron chi connectivity index (χ0n) is 10.2. The van der Waals surface area contributed by atoms with E-state index in [0.29, 0.717) is 16.8 Å². The van der Waals surface area contributed by atoms with Crippen molar-refractivity contribution in [3.05, 3.63) is 41.0 Å². The molecule has 0 unspecified atom stereocenters. The molecule has 1 heterocycles. The molecule has 0 aromatic heterocycles. The molecule has 0 radical (unpaired) electrons. The van der Waals surface area contributed by atoms with E-state index in [1.807, 2.05) is 25.1 Å². The van der Waals surface area contributed by atoms with E-state index in [0.717, 1.165) is 10.5 Å². The number of carbonyl (C=O) groups excluding carboxylic acids is 2. The van der Waals surface area contributed by atoms with E-state index in [2.05, 4.69) is 0 Å². The fourth-order valence-corrected chi connectivity index (χ4v) is 1.90. The molecule has 1 aliphatic rings. The van der Waals surface area contributed by atoms with E-state index in [1.54, 1.807) is 19.1 Å². The highest BCUT2D eigenvalue weighted by atomic mass is 16.2. The predicted molar refractivity (Wildman–Crippen MR) is 66.6 cm³/mol. The van der Waals surface area contributed by atoms with Crippen molar-refractivity contribution in [2.75, 3.05) is 4.90 Å². The van der Waals surface area contributed by atoms with Gasteiger partial charge in [0.15, 0.2) is 0 Å². The summed E-state index contributed by atoms with van der Waals surface area (Å²) in [6.07, 6.45) is -0.0290. The molecule has 4 heteroatoms. The maximum atomic E-state index is 12.1. The highest BCUT2D eigenvalue weighted by Gasteiger charge is 2.36. The highest BCUT2D eigenvalue weighted by Crippen LogP contribution is 2.28. The number of hydrogen-bond acceptors (Lipinski definition) is 3. The number of hydrogen-bond donors (Lipinski definition) is 0. The van der Waals surface area contributed by atoms with Crippen LogP contribution in [-0.2, 0) is 9.59 Å². The molecule has 18 heavy (non-hydrogen) atoms. The molecule has 1 aromatic rings. The first-order valence-electron chi connectivity index (χ1n) is 5.58. The molecule has 1 aromatic carbocycles. The van der Waals surface area contributed by atoms with Gasteiger partial charge in [-0.1, -0.05) is 17.7 Å². The van der Waals surface area contributed by atoms with Gasteiger partial charge in [0, 0.05) is 11.1 Å². The van der Waals surface area contributed by atoms with E-state index in [-0.39, 0.29) is 18.2 Å². The standard InChI is InChI=1S/C14H12N2O2/c1-9-3-5-11(6-4-9)16-13(17)10(2)12(7-8-15)14(16)18/h3-6H,7H2,1-2H3. The van der Waals surface area contributed by atoms with Crippen LogP contribution in [0.2, 0.25) is 0 Å². The van der Waals surface area contributed by atoms with Crippen molar-refractivity contribution < 1.29 is 9.59 Å². The molecule has 90 valence electrons. The Morgan fingerprint density at radius 1 is 1.11 bits per heavy atom. The number of rotatable bonds is 2. The molecule has 0 aliphatic carbocycles. The molecule has 1 aliphatic heterocycles. The molecule has 0 spiro atoms. The molecule has 0 saturated heterocycles. The third-order valence-corrected chi connectivity index (χ3v) is 2.99. The van der Waals surface area contributed by atoms with E-state index in [9.17, 15) is 9.59 Å². The van der Waals surface area contributed by atoms with Crippen LogP contribution in [-0.4, -0.2) is 11.8 Å². The van der Waals surface area contributed by atoms with Crippen molar-refractivity contribution in [1.29, 1.82) is 5.26 Å². The Morgan fingerprint density at radius 3 is 2.28 bits per heavy atom. The number of amides is 2.